The third kappa shape index (κ3) is 3.56. The summed E-state index contributed by atoms with van der Waals surface area (Å²) in [5.41, 5.74) is 1.94. The largest absolute Gasteiger partial charge is 0.360 e. The Morgan fingerprint density at radius 3 is 2.83 bits per heavy atom. The number of aromatic nitrogens is 4. The van der Waals surface area contributed by atoms with Gasteiger partial charge in [-0.3, -0.25) is 5.10 Å². The maximum Gasteiger partial charge on any atom is 0.150 e. The molecule has 3 rings (SSSR count). The van der Waals surface area contributed by atoms with Gasteiger partial charge in [-0.25, -0.2) is 19.4 Å². The summed E-state index contributed by atoms with van der Waals surface area (Å²) in [6, 6.07) is 1.87. The van der Waals surface area contributed by atoms with Crippen molar-refractivity contribution in [3.05, 3.63) is 36.7 Å². The van der Waals surface area contributed by atoms with Crippen LogP contribution in [0.25, 0.3) is 22.2 Å². The lowest BCUT2D eigenvalue weighted by Gasteiger charge is -2.24. The molecule has 3 heterocycles. The Morgan fingerprint density at radius 1 is 1.30 bits per heavy atom. The summed E-state index contributed by atoms with van der Waals surface area (Å²) in [4.78, 5) is 4.22. The highest BCUT2D eigenvalue weighted by molar-refractivity contribution is 8.32. The Bertz CT molecular complexity index is 792. The van der Waals surface area contributed by atoms with Crippen LogP contribution >= 0.6 is 10.0 Å². The van der Waals surface area contributed by atoms with Gasteiger partial charge < -0.3 is 9.30 Å². The van der Waals surface area contributed by atoms with E-state index in [0.717, 1.165) is 11.1 Å². The van der Waals surface area contributed by atoms with E-state index in [2.05, 4.69) is 33.9 Å². The number of fused-ring (bicyclic) bond motifs is 1. The van der Waals surface area contributed by atoms with Crippen LogP contribution in [0.5, 0.6) is 0 Å². The third-order valence-corrected chi connectivity index (χ3v) is 4.99. The van der Waals surface area contributed by atoms with Crippen LogP contribution in [0.4, 0.5) is 4.39 Å². The molecule has 3 aromatic rings. The molecule has 5 nitrogen and oxygen atoms in total. The number of ether oxygens (including phenoxy) is 1. The van der Waals surface area contributed by atoms with Crippen molar-refractivity contribution in [3.63, 3.8) is 0 Å². The van der Waals surface area contributed by atoms with E-state index in [4.69, 9.17) is 4.74 Å². The minimum absolute atomic E-state index is 0.353. The van der Waals surface area contributed by atoms with Gasteiger partial charge in [0.2, 0.25) is 0 Å². The van der Waals surface area contributed by atoms with Crippen LogP contribution in [-0.4, -0.2) is 50.9 Å². The highest BCUT2D eigenvalue weighted by Gasteiger charge is 2.15. The molecule has 3 aromatic heterocycles. The number of nitrogens with one attached hydrogen (secondary N) is 1. The van der Waals surface area contributed by atoms with E-state index < -0.39 is 10.0 Å². The number of rotatable bonds is 6. The van der Waals surface area contributed by atoms with Gasteiger partial charge in [0.05, 0.1) is 19.0 Å². The van der Waals surface area contributed by atoms with Crippen molar-refractivity contribution >= 4 is 21.1 Å². The summed E-state index contributed by atoms with van der Waals surface area (Å²) in [5, 5.41) is 7.37. The maximum absolute atomic E-state index is 14.2. The van der Waals surface area contributed by atoms with Gasteiger partial charge in [0, 0.05) is 34.7 Å². The Balaban J connectivity index is 1.83. The van der Waals surface area contributed by atoms with Crippen LogP contribution in [0.2, 0.25) is 0 Å². The van der Waals surface area contributed by atoms with E-state index in [9.17, 15) is 4.39 Å². The molecule has 0 aromatic carbocycles. The molecular formula is C16H21FN4OS. The van der Waals surface area contributed by atoms with E-state index in [0.29, 0.717) is 30.1 Å². The molecule has 0 spiro atoms. The number of halogens is 1. The first-order valence-electron chi connectivity index (χ1n) is 7.32. The number of hydrogen-bond donors (Lipinski definition) is 1. The second kappa shape index (κ2) is 6.33. The maximum atomic E-state index is 14.2. The molecule has 0 aliphatic heterocycles. The number of pyridine rings is 1. The molecule has 1 N–H and O–H groups in total. The first-order valence-corrected chi connectivity index (χ1v) is 10.3. The molecule has 7 heteroatoms. The van der Waals surface area contributed by atoms with Crippen molar-refractivity contribution in [1.82, 2.24) is 19.7 Å². The first-order chi connectivity index (χ1) is 11.0. The highest BCUT2D eigenvalue weighted by Crippen LogP contribution is 2.34. The Hall–Kier alpha value is -1.86. The quantitative estimate of drug-likeness (QED) is 0.703. The summed E-state index contributed by atoms with van der Waals surface area (Å²) in [6.07, 6.45) is 13.2. The van der Waals surface area contributed by atoms with Gasteiger partial charge in [-0.1, -0.05) is 0 Å². The molecule has 0 saturated carbocycles. The van der Waals surface area contributed by atoms with Crippen molar-refractivity contribution < 1.29 is 9.13 Å². The molecule has 0 fully saturated rings. The van der Waals surface area contributed by atoms with Gasteiger partial charge in [0.25, 0.3) is 0 Å². The van der Waals surface area contributed by atoms with Crippen LogP contribution in [0, 0.1) is 5.82 Å². The molecule has 0 bridgehead atoms. The predicted octanol–water partition coefficient (Wildman–Crippen LogP) is 3.23. The van der Waals surface area contributed by atoms with Crippen LogP contribution in [0.1, 0.15) is 0 Å². The minimum atomic E-state index is -0.560. The van der Waals surface area contributed by atoms with E-state index in [-0.39, 0.29) is 5.82 Å². The second-order valence-electron chi connectivity index (χ2n) is 6.32. The van der Waals surface area contributed by atoms with Gasteiger partial charge in [-0.2, -0.15) is 5.10 Å². The fourth-order valence-electron chi connectivity index (χ4n) is 2.37. The topological polar surface area (TPSA) is 55.7 Å². The van der Waals surface area contributed by atoms with Crippen LogP contribution in [0.3, 0.4) is 0 Å². The lowest BCUT2D eigenvalue weighted by Crippen LogP contribution is -2.09. The van der Waals surface area contributed by atoms with E-state index in [1.165, 1.54) is 6.20 Å². The van der Waals surface area contributed by atoms with Gasteiger partial charge in [-0.05, 0) is 24.8 Å². The molecule has 0 aliphatic rings. The second-order valence-corrected chi connectivity index (χ2v) is 10.9. The lowest BCUT2D eigenvalue weighted by molar-refractivity contribution is 0.0923. The average Bonchev–Trinajstić information content (AvgIpc) is 3.12. The zero-order valence-electron chi connectivity index (χ0n) is 13.5. The number of aromatic amines is 1. The van der Waals surface area contributed by atoms with Gasteiger partial charge >= 0.3 is 0 Å². The fraction of sp³-hybridized carbons (Fsp3) is 0.375. The van der Waals surface area contributed by atoms with Crippen molar-refractivity contribution in [2.24, 2.45) is 0 Å². The van der Waals surface area contributed by atoms with E-state index in [1.807, 2.05) is 16.8 Å². The van der Waals surface area contributed by atoms with Gasteiger partial charge in [0.15, 0.2) is 0 Å². The molecule has 0 radical (unpaired) electrons. The summed E-state index contributed by atoms with van der Waals surface area (Å²) in [6.45, 7) is 1.14. The zero-order chi connectivity index (χ0) is 16.4. The molecule has 0 atom stereocenters. The lowest BCUT2D eigenvalue weighted by atomic mass is 10.1. The molecule has 0 amide bonds. The summed E-state index contributed by atoms with van der Waals surface area (Å²) < 4.78 is 21.8. The standard InChI is InChI=1S/C16H21FN4OS/c1-23(2,3)7-6-22-11-21-5-4-13-15(12-8-19-20-9-12)14(17)10-18-16(13)21/h4-5,8-10H,6-7,11H2,1-3H3,(H,19,20). The smallest absolute Gasteiger partial charge is 0.150 e. The third-order valence-electron chi connectivity index (χ3n) is 3.60. The Morgan fingerprint density at radius 2 is 2.13 bits per heavy atom. The van der Waals surface area contributed by atoms with Crippen molar-refractivity contribution in [2.75, 3.05) is 31.1 Å². The van der Waals surface area contributed by atoms with Crippen LogP contribution in [0.15, 0.2) is 30.9 Å². The minimum Gasteiger partial charge on any atom is -0.360 e. The summed E-state index contributed by atoms with van der Waals surface area (Å²) in [5.74, 6) is 0.711. The molecule has 0 unspecified atom stereocenters. The molecule has 124 valence electrons. The van der Waals surface area contributed by atoms with Gasteiger partial charge in [-0.15, -0.1) is 0 Å². The molecule has 0 saturated heterocycles. The van der Waals surface area contributed by atoms with Crippen molar-refractivity contribution in [3.8, 4) is 11.1 Å². The van der Waals surface area contributed by atoms with E-state index >= 15 is 0 Å². The highest BCUT2D eigenvalue weighted by atomic mass is 32.3. The van der Waals surface area contributed by atoms with Gasteiger partial charge in [0.1, 0.15) is 18.2 Å². The first kappa shape index (κ1) is 16.0. The van der Waals surface area contributed by atoms with Crippen molar-refractivity contribution in [1.29, 1.82) is 0 Å². The normalized spacial score (nSPS) is 12.9. The number of H-pyrrole nitrogens is 1. The van der Waals surface area contributed by atoms with Crippen molar-refractivity contribution in [2.45, 2.75) is 6.73 Å². The number of hydrogen-bond acceptors (Lipinski definition) is 3. The Labute approximate surface area is 136 Å². The molecule has 23 heavy (non-hydrogen) atoms. The predicted molar refractivity (Wildman–Crippen MR) is 93.5 cm³/mol. The fourth-order valence-corrected chi connectivity index (χ4v) is 2.99. The van der Waals surface area contributed by atoms with E-state index in [1.54, 1.807) is 12.4 Å². The Kier molecular flexibility index (Phi) is 4.41. The molecular weight excluding hydrogens is 315 g/mol. The van der Waals surface area contributed by atoms with Crippen LogP contribution in [-0.2, 0) is 11.5 Å². The average molecular weight is 336 g/mol. The SMILES string of the molecule is CS(C)(C)CCOCn1ccc2c(-c3cn[nH]c3)c(F)cnc21. The summed E-state index contributed by atoms with van der Waals surface area (Å²) in [7, 11) is -0.560. The monoisotopic (exact) mass is 336 g/mol. The van der Waals surface area contributed by atoms with Crippen LogP contribution < -0.4 is 0 Å². The number of nitrogens with zero attached hydrogens (tertiary/aromatic N) is 3. The summed E-state index contributed by atoms with van der Waals surface area (Å²) >= 11 is 0. The zero-order valence-corrected chi connectivity index (χ0v) is 14.4. The molecule has 0 aliphatic carbocycles.